The first-order chi connectivity index (χ1) is 11.1. The van der Waals surface area contributed by atoms with Gasteiger partial charge in [-0.2, -0.15) is 0 Å². The Hall–Kier alpha value is -1.81. The summed E-state index contributed by atoms with van der Waals surface area (Å²) in [6.07, 6.45) is 7.22. The molecule has 0 atom stereocenters. The highest BCUT2D eigenvalue weighted by molar-refractivity contribution is 5.89. The maximum absolute atomic E-state index is 12.5. The number of nitrogens with one attached hydrogen (secondary N) is 1. The fourth-order valence-corrected chi connectivity index (χ4v) is 3.56. The Morgan fingerprint density at radius 1 is 1.26 bits per heavy atom. The summed E-state index contributed by atoms with van der Waals surface area (Å²) < 4.78 is 5.68. The molecule has 1 aromatic carbocycles. The molecule has 0 unspecified atom stereocenters. The van der Waals surface area contributed by atoms with E-state index in [1.165, 1.54) is 17.5 Å². The van der Waals surface area contributed by atoms with E-state index in [9.17, 15) is 4.79 Å². The molecule has 2 aromatic rings. The number of hydrogen-bond donors (Lipinski definition) is 2. The lowest BCUT2D eigenvalue weighted by molar-refractivity contribution is -0.122. The second kappa shape index (κ2) is 6.36. The van der Waals surface area contributed by atoms with Gasteiger partial charge < -0.3 is 15.5 Å². The number of nitrogens with two attached hydrogens (primary N) is 1. The van der Waals surface area contributed by atoms with E-state index in [0.717, 1.165) is 42.2 Å². The molecule has 0 saturated carbocycles. The summed E-state index contributed by atoms with van der Waals surface area (Å²) in [4.78, 5) is 12.5. The molecule has 1 aliphatic carbocycles. The van der Waals surface area contributed by atoms with Crippen LogP contribution in [0.25, 0.3) is 11.0 Å². The van der Waals surface area contributed by atoms with Crippen molar-refractivity contribution >= 4 is 16.9 Å². The Morgan fingerprint density at radius 2 is 1.96 bits per heavy atom. The topological polar surface area (TPSA) is 68.3 Å². The minimum Gasteiger partial charge on any atom is -0.464 e. The lowest BCUT2D eigenvalue weighted by Crippen LogP contribution is -2.53. The second-order valence-electron chi connectivity index (χ2n) is 6.65. The van der Waals surface area contributed by atoms with Crippen LogP contribution in [0.4, 0.5) is 0 Å². The zero-order valence-corrected chi connectivity index (χ0v) is 14.1. The van der Waals surface area contributed by atoms with E-state index < -0.39 is 0 Å². The molecule has 1 amide bonds. The molecule has 0 bridgehead atoms. The highest BCUT2D eigenvalue weighted by Gasteiger charge is 2.26. The summed E-state index contributed by atoms with van der Waals surface area (Å²) in [6.45, 7) is 4.59. The molecule has 1 aliphatic rings. The lowest BCUT2D eigenvalue weighted by Gasteiger charge is -2.31. The van der Waals surface area contributed by atoms with Gasteiger partial charge >= 0.3 is 0 Å². The Bertz CT molecular complexity index is 705. The Kier molecular flexibility index (Phi) is 4.44. The number of furan rings is 1. The van der Waals surface area contributed by atoms with E-state index in [1.807, 2.05) is 0 Å². The van der Waals surface area contributed by atoms with Crippen molar-refractivity contribution in [3.63, 3.8) is 0 Å². The summed E-state index contributed by atoms with van der Waals surface area (Å²) in [5, 5.41) is 4.21. The molecule has 3 N–H and O–H groups in total. The number of carbonyl (C=O) groups is 1. The highest BCUT2D eigenvalue weighted by Crippen LogP contribution is 2.30. The minimum atomic E-state index is -0.294. The first kappa shape index (κ1) is 16.1. The van der Waals surface area contributed by atoms with E-state index >= 15 is 0 Å². The molecule has 0 aliphatic heterocycles. The molecule has 1 heterocycles. The fraction of sp³-hybridized carbons (Fsp3) is 0.526. The van der Waals surface area contributed by atoms with Crippen LogP contribution in [0.2, 0.25) is 0 Å². The second-order valence-corrected chi connectivity index (χ2v) is 6.65. The van der Waals surface area contributed by atoms with Crippen molar-refractivity contribution in [1.82, 2.24) is 5.32 Å². The van der Waals surface area contributed by atoms with Crippen LogP contribution in [-0.4, -0.2) is 18.0 Å². The van der Waals surface area contributed by atoms with Crippen molar-refractivity contribution in [1.29, 1.82) is 0 Å². The summed E-state index contributed by atoms with van der Waals surface area (Å²) in [6, 6.07) is 4.35. The van der Waals surface area contributed by atoms with Crippen molar-refractivity contribution in [3.8, 4) is 0 Å². The predicted octanol–water partition coefficient (Wildman–Crippen LogP) is 3.10. The molecular formula is C19H26N2O2. The van der Waals surface area contributed by atoms with E-state index in [4.69, 9.17) is 10.2 Å². The van der Waals surface area contributed by atoms with Gasteiger partial charge in [-0.25, -0.2) is 0 Å². The molecule has 4 heteroatoms. The average Bonchev–Trinajstić information content (AvgIpc) is 3.17. The average molecular weight is 314 g/mol. The maximum atomic E-state index is 12.5. The summed E-state index contributed by atoms with van der Waals surface area (Å²) >= 11 is 0. The third-order valence-corrected chi connectivity index (χ3v) is 5.37. The minimum absolute atomic E-state index is 0.0161. The van der Waals surface area contributed by atoms with Gasteiger partial charge in [0.25, 0.3) is 0 Å². The van der Waals surface area contributed by atoms with Crippen molar-refractivity contribution in [2.45, 2.75) is 57.9 Å². The van der Waals surface area contributed by atoms with Gasteiger partial charge in [0.1, 0.15) is 5.58 Å². The van der Waals surface area contributed by atoms with Gasteiger partial charge in [0.05, 0.1) is 18.2 Å². The van der Waals surface area contributed by atoms with Crippen LogP contribution in [0.5, 0.6) is 0 Å². The molecule has 4 nitrogen and oxygen atoms in total. The number of benzene rings is 1. The smallest absolute Gasteiger partial charge is 0.225 e. The molecule has 0 fully saturated rings. The SMILES string of the molecule is CCC(CC)(CN)NC(=O)Cc1coc2cc3c(cc12)CCC3. The van der Waals surface area contributed by atoms with Gasteiger partial charge in [0, 0.05) is 17.5 Å². The Balaban J connectivity index is 1.80. The molecule has 0 radical (unpaired) electrons. The third kappa shape index (κ3) is 3.00. The van der Waals surface area contributed by atoms with Crippen LogP contribution < -0.4 is 11.1 Å². The van der Waals surface area contributed by atoms with E-state index in [0.29, 0.717) is 13.0 Å². The van der Waals surface area contributed by atoms with Crippen LogP contribution in [-0.2, 0) is 24.1 Å². The van der Waals surface area contributed by atoms with Crippen LogP contribution in [0, 0.1) is 0 Å². The largest absolute Gasteiger partial charge is 0.464 e. The van der Waals surface area contributed by atoms with Crippen molar-refractivity contribution in [3.05, 3.63) is 35.1 Å². The third-order valence-electron chi connectivity index (χ3n) is 5.37. The standard InChI is InChI=1S/C19H26N2O2/c1-3-19(4-2,12-20)21-18(22)10-15-11-23-17-9-14-7-5-6-13(14)8-16(15)17/h8-9,11H,3-7,10,12,20H2,1-2H3,(H,21,22). The van der Waals surface area contributed by atoms with Crippen LogP contribution in [0.3, 0.4) is 0 Å². The molecule has 0 saturated heterocycles. The number of rotatable bonds is 6. The van der Waals surface area contributed by atoms with Crippen molar-refractivity contribution in [2.75, 3.05) is 6.54 Å². The molecule has 0 spiro atoms. The Labute approximate surface area is 137 Å². The molecular weight excluding hydrogens is 288 g/mol. The number of hydrogen-bond acceptors (Lipinski definition) is 3. The monoisotopic (exact) mass is 314 g/mol. The van der Waals surface area contributed by atoms with E-state index in [2.05, 4.69) is 31.3 Å². The van der Waals surface area contributed by atoms with Crippen molar-refractivity contribution in [2.24, 2.45) is 5.73 Å². The van der Waals surface area contributed by atoms with Gasteiger partial charge in [-0.1, -0.05) is 13.8 Å². The summed E-state index contributed by atoms with van der Waals surface area (Å²) in [5.74, 6) is 0.0161. The van der Waals surface area contributed by atoms with Crippen LogP contribution >= 0.6 is 0 Å². The quantitative estimate of drug-likeness (QED) is 0.861. The van der Waals surface area contributed by atoms with Gasteiger partial charge in [-0.05, 0) is 55.4 Å². The van der Waals surface area contributed by atoms with Crippen molar-refractivity contribution < 1.29 is 9.21 Å². The van der Waals surface area contributed by atoms with Crippen LogP contribution in [0.15, 0.2) is 22.8 Å². The molecule has 3 rings (SSSR count). The first-order valence-electron chi connectivity index (χ1n) is 8.63. The number of amides is 1. The van der Waals surface area contributed by atoms with Gasteiger partial charge in [-0.3, -0.25) is 4.79 Å². The van der Waals surface area contributed by atoms with E-state index in [1.54, 1.807) is 6.26 Å². The number of carbonyl (C=O) groups excluding carboxylic acids is 1. The van der Waals surface area contributed by atoms with E-state index in [-0.39, 0.29) is 11.4 Å². The lowest BCUT2D eigenvalue weighted by atomic mass is 9.92. The molecule has 124 valence electrons. The summed E-state index contributed by atoms with van der Waals surface area (Å²) in [5.41, 5.74) is 10.2. The predicted molar refractivity (Wildman–Crippen MR) is 92.5 cm³/mol. The van der Waals surface area contributed by atoms with Gasteiger partial charge in [0.15, 0.2) is 0 Å². The summed E-state index contributed by atoms with van der Waals surface area (Å²) in [7, 11) is 0. The Morgan fingerprint density at radius 3 is 2.61 bits per heavy atom. The highest BCUT2D eigenvalue weighted by atomic mass is 16.3. The number of aryl methyl sites for hydroxylation is 2. The zero-order chi connectivity index (χ0) is 16.4. The van der Waals surface area contributed by atoms with Crippen LogP contribution in [0.1, 0.15) is 49.8 Å². The maximum Gasteiger partial charge on any atom is 0.225 e. The fourth-order valence-electron chi connectivity index (χ4n) is 3.56. The first-order valence-corrected chi connectivity index (χ1v) is 8.63. The zero-order valence-electron chi connectivity index (χ0n) is 14.1. The molecule has 1 aromatic heterocycles. The normalized spacial score (nSPS) is 14.2. The number of fused-ring (bicyclic) bond motifs is 2. The molecule has 23 heavy (non-hydrogen) atoms. The van der Waals surface area contributed by atoms with Gasteiger partial charge in [0.2, 0.25) is 5.91 Å². The van der Waals surface area contributed by atoms with Gasteiger partial charge in [-0.15, -0.1) is 0 Å².